The molecular weight excluding hydrogens is 602 g/mol. The molecule has 0 aliphatic heterocycles. The number of benzene rings is 3. The third kappa shape index (κ3) is 9.71. The number of nitrogens with one attached hydrogen (secondary N) is 1. The molecule has 0 aliphatic rings. The van der Waals surface area contributed by atoms with Gasteiger partial charge in [0.15, 0.2) is 0 Å². The van der Waals surface area contributed by atoms with Gasteiger partial charge in [-0.25, -0.2) is 8.42 Å². The third-order valence-corrected chi connectivity index (χ3v) is 8.50. The number of sulfonamides is 1. The number of amides is 2. The lowest BCUT2D eigenvalue weighted by Gasteiger charge is -2.33. The van der Waals surface area contributed by atoms with Crippen LogP contribution in [0.1, 0.15) is 56.2 Å². The molecule has 3 aromatic carbocycles. The molecule has 0 fully saturated rings. The molecule has 1 atom stereocenters. The lowest BCUT2D eigenvalue weighted by Crippen LogP contribution is -2.53. The summed E-state index contributed by atoms with van der Waals surface area (Å²) in [5, 5.41) is 2.99. The van der Waals surface area contributed by atoms with Gasteiger partial charge in [0, 0.05) is 24.0 Å². The molecule has 0 spiro atoms. The van der Waals surface area contributed by atoms with E-state index in [1.165, 1.54) is 4.90 Å². The number of anilines is 1. The highest BCUT2D eigenvalue weighted by Gasteiger charge is 2.33. The summed E-state index contributed by atoms with van der Waals surface area (Å²) in [4.78, 5) is 29.3. The number of carbonyl (C=O) groups is 2. The van der Waals surface area contributed by atoms with E-state index in [1.54, 1.807) is 12.1 Å². The van der Waals surface area contributed by atoms with Gasteiger partial charge < -0.3 is 10.2 Å². The Balaban J connectivity index is 2.02. The molecule has 9 heteroatoms. The second-order valence-corrected chi connectivity index (χ2v) is 13.3. The molecule has 0 aliphatic carbocycles. The summed E-state index contributed by atoms with van der Waals surface area (Å²) in [5.74, 6) is -0.448. The molecule has 0 heterocycles. The summed E-state index contributed by atoms with van der Waals surface area (Å²) in [5.41, 5.74) is 3.19. The number of rotatable bonds is 14. The van der Waals surface area contributed by atoms with Crippen molar-refractivity contribution in [2.45, 2.75) is 58.5 Å². The van der Waals surface area contributed by atoms with Crippen LogP contribution in [0, 0.1) is 0 Å². The van der Waals surface area contributed by atoms with E-state index in [2.05, 4.69) is 35.1 Å². The maximum atomic E-state index is 14.1. The Morgan fingerprint density at radius 2 is 1.59 bits per heavy atom. The maximum Gasteiger partial charge on any atom is 0.244 e. The normalized spacial score (nSPS) is 12.1. The van der Waals surface area contributed by atoms with Crippen LogP contribution in [0.15, 0.2) is 83.3 Å². The molecule has 1 unspecified atom stereocenters. The van der Waals surface area contributed by atoms with Crippen molar-refractivity contribution in [2.75, 3.05) is 23.7 Å². The van der Waals surface area contributed by atoms with Crippen molar-refractivity contribution >= 4 is 43.5 Å². The van der Waals surface area contributed by atoms with E-state index in [9.17, 15) is 18.0 Å². The van der Waals surface area contributed by atoms with E-state index in [-0.39, 0.29) is 18.4 Å². The first kappa shape index (κ1) is 32.3. The molecule has 0 saturated carbocycles. The zero-order chi connectivity index (χ0) is 30.0. The van der Waals surface area contributed by atoms with E-state index in [0.717, 1.165) is 44.6 Å². The van der Waals surface area contributed by atoms with Gasteiger partial charge in [-0.1, -0.05) is 97.7 Å². The number of halogens is 1. The fraction of sp³-hybridized carbons (Fsp3) is 0.375. The summed E-state index contributed by atoms with van der Waals surface area (Å²) >= 11 is 3.49. The molecule has 1 N–H and O–H groups in total. The predicted octanol–water partition coefficient (Wildman–Crippen LogP) is 5.89. The first-order valence-electron chi connectivity index (χ1n) is 13.9. The summed E-state index contributed by atoms with van der Waals surface area (Å²) < 4.78 is 27.9. The van der Waals surface area contributed by atoms with Crippen molar-refractivity contribution in [3.63, 3.8) is 0 Å². The van der Waals surface area contributed by atoms with Gasteiger partial charge in [0.1, 0.15) is 12.6 Å². The molecule has 3 aromatic rings. The zero-order valence-electron chi connectivity index (χ0n) is 24.2. The van der Waals surface area contributed by atoms with Crippen LogP contribution in [0.5, 0.6) is 0 Å². The summed E-state index contributed by atoms with van der Waals surface area (Å²) in [6, 6.07) is 23.4. The minimum atomic E-state index is -3.80. The van der Waals surface area contributed by atoms with Crippen LogP contribution in [-0.4, -0.2) is 50.5 Å². The molecule has 7 nitrogen and oxygen atoms in total. The average Bonchev–Trinajstić information content (AvgIpc) is 2.93. The van der Waals surface area contributed by atoms with Crippen LogP contribution in [0.2, 0.25) is 0 Å². The third-order valence-electron chi connectivity index (χ3n) is 6.87. The van der Waals surface area contributed by atoms with Gasteiger partial charge in [-0.2, -0.15) is 0 Å². The van der Waals surface area contributed by atoms with Crippen LogP contribution in [0.25, 0.3) is 0 Å². The van der Waals surface area contributed by atoms with Crippen LogP contribution < -0.4 is 9.62 Å². The molecule has 0 aromatic heterocycles. The summed E-state index contributed by atoms with van der Waals surface area (Å²) in [6.45, 7) is 6.37. The smallest absolute Gasteiger partial charge is 0.244 e. The van der Waals surface area contributed by atoms with Crippen molar-refractivity contribution in [2.24, 2.45) is 0 Å². The van der Waals surface area contributed by atoms with Gasteiger partial charge >= 0.3 is 0 Å². The van der Waals surface area contributed by atoms with Crippen molar-refractivity contribution in [1.82, 2.24) is 10.2 Å². The molecule has 220 valence electrons. The number of carbonyl (C=O) groups excluding carboxylic acids is 2. The lowest BCUT2D eigenvalue weighted by atomic mass is 10.0. The first-order valence-corrected chi connectivity index (χ1v) is 16.6. The van der Waals surface area contributed by atoms with Crippen molar-refractivity contribution in [1.29, 1.82) is 0 Å². The summed E-state index contributed by atoms with van der Waals surface area (Å²) in [6.07, 6.45) is 3.12. The lowest BCUT2D eigenvalue weighted by molar-refractivity contribution is -0.140. The van der Waals surface area contributed by atoms with Crippen molar-refractivity contribution in [3.8, 4) is 0 Å². The fourth-order valence-electron chi connectivity index (χ4n) is 4.53. The highest BCUT2D eigenvalue weighted by atomic mass is 79.9. The van der Waals surface area contributed by atoms with E-state index in [0.29, 0.717) is 18.7 Å². The van der Waals surface area contributed by atoms with Crippen molar-refractivity contribution < 1.29 is 18.0 Å². The average molecular weight is 643 g/mol. The second-order valence-electron chi connectivity index (χ2n) is 10.5. The molecule has 41 heavy (non-hydrogen) atoms. The topological polar surface area (TPSA) is 86.8 Å². The zero-order valence-corrected chi connectivity index (χ0v) is 26.6. The number of unbranched alkanes of at least 4 members (excludes halogenated alkanes) is 1. The number of hydrogen-bond donors (Lipinski definition) is 1. The monoisotopic (exact) mass is 641 g/mol. The predicted molar refractivity (Wildman–Crippen MR) is 169 cm³/mol. The van der Waals surface area contributed by atoms with Gasteiger partial charge in [-0.3, -0.25) is 13.9 Å². The quantitative estimate of drug-likeness (QED) is 0.222. The Kier molecular flexibility index (Phi) is 12.0. The van der Waals surface area contributed by atoms with E-state index in [4.69, 9.17) is 0 Å². The minimum absolute atomic E-state index is 0.140. The highest BCUT2D eigenvalue weighted by Crippen LogP contribution is 2.24. The van der Waals surface area contributed by atoms with E-state index >= 15 is 0 Å². The van der Waals surface area contributed by atoms with Crippen LogP contribution in [0.4, 0.5) is 5.69 Å². The minimum Gasteiger partial charge on any atom is -0.354 e. The van der Waals surface area contributed by atoms with Gasteiger partial charge in [-0.05, 0) is 53.3 Å². The van der Waals surface area contributed by atoms with Crippen LogP contribution in [-0.2, 0) is 32.6 Å². The molecule has 0 bridgehead atoms. The SMILES string of the molecule is CCCCNC(=O)C(Cc1ccccc1)N(Cc1cccc(Br)c1)C(=O)CN(c1ccc(C(C)C)cc1)S(C)(=O)=O. The largest absolute Gasteiger partial charge is 0.354 e. The fourth-order valence-corrected chi connectivity index (χ4v) is 5.83. The Morgan fingerprint density at radius 3 is 2.17 bits per heavy atom. The van der Waals surface area contributed by atoms with E-state index < -0.39 is 28.5 Å². The Hall–Kier alpha value is -3.17. The molecule has 0 radical (unpaired) electrons. The van der Waals surface area contributed by atoms with E-state index in [1.807, 2.05) is 73.7 Å². The van der Waals surface area contributed by atoms with Crippen molar-refractivity contribution in [3.05, 3.63) is 100 Å². The summed E-state index contributed by atoms with van der Waals surface area (Å²) in [7, 11) is -3.80. The van der Waals surface area contributed by atoms with Gasteiger partial charge in [0.2, 0.25) is 21.8 Å². The van der Waals surface area contributed by atoms with Gasteiger partial charge in [0.25, 0.3) is 0 Å². The number of nitrogens with zero attached hydrogens (tertiary/aromatic N) is 2. The standard InChI is InChI=1S/C32H40BrN3O4S/c1-5-6-19-34-32(38)30(21-25-11-8-7-9-12-25)35(22-26-13-10-14-28(33)20-26)31(37)23-36(41(4,39)40)29-17-15-27(16-18-29)24(2)3/h7-18,20,24,30H,5-6,19,21-23H2,1-4H3,(H,34,38). The van der Waals surface area contributed by atoms with Gasteiger partial charge in [-0.15, -0.1) is 0 Å². The first-order chi connectivity index (χ1) is 19.5. The van der Waals surface area contributed by atoms with Gasteiger partial charge in [0.05, 0.1) is 11.9 Å². The Bertz CT molecular complexity index is 1400. The van der Waals surface area contributed by atoms with Crippen LogP contribution >= 0.6 is 15.9 Å². The molecular formula is C32H40BrN3O4S. The Morgan fingerprint density at radius 1 is 0.927 bits per heavy atom. The van der Waals surface area contributed by atoms with Crippen LogP contribution in [0.3, 0.4) is 0 Å². The maximum absolute atomic E-state index is 14.1. The number of hydrogen-bond acceptors (Lipinski definition) is 4. The molecule has 3 rings (SSSR count). The Labute approximate surface area is 253 Å². The molecule has 0 saturated heterocycles. The second kappa shape index (κ2) is 15.2. The molecule has 2 amide bonds. The highest BCUT2D eigenvalue weighted by molar-refractivity contribution is 9.10.